The van der Waals surface area contributed by atoms with Crippen LogP contribution < -0.4 is 5.32 Å². The third-order valence-corrected chi connectivity index (χ3v) is 2.92. The highest BCUT2D eigenvalue weighted by atomic mass is 32.1. The SMILES string of the molecule is Cc1cnc(NC(=O)c2cccnc2C)s1. The van der Waals surface area contributed by atoms with Crippen molar-refractivity contribution in [2.75, 3.05) is 5.32 Å². The van der Waals surface area contributed by atoms with Crippen LogP contribution in [-0.4, -0.2) is 15.9 Å². The second-order valence-corrected chi connectivity index (χ2v) is 4.60. The third kappa shape index (κ3) is 2.25. The lowest BCUT2D eigenvalue weighted by atomic mass is 10.2. The molecular weight excluding hydrogens is 222 g/mol. The first kappa shape index (κ1) is 10.8. The highest BCUT2D eigenvalue weighted by Crippen LogP contribution is 2.17. The van der Waals surface area contributed by atoms with Crippen molar-refractivity contribution in [1.82, 2.24) is 9.97 Å². The van der Waals surface area contributed by atoms with Gasteiger partial charge in [-0.3, -0.25) is 15.1 Å². The van der Waals surface area contributed by atoms with Gasteiger partial charge in [-0.1, -0.05) is 0 Å². The van der Waals surface area contributed by atoms with Gasteiger partial charge in [0, 0.05) is 23.0 Å². The number of amides is 1. The molecule has 0 fully saturated rings. The first-order valence-electron chi connectivity index (χ1n) is 4.82. The number of hydrogen-bond donors (Lipinski definition) is 1. The van der Waals surface area contributed by atoms with Crippen LogP contribution in [0.25, 0.3) is 0 Å². The number of nitrogens with zero attached hydrogens (tertiary/aromatic N) is 2. The summed E-state index contributed by atoms with van der Waals surface area (Å²) in [5.74, 6) is -0.167. The Bertz CT molecular complexity index is 521. The zero-order valence-corrected chi connectivity index (χ0v) is 9.84. The molecule has 5 heteroatoms. The van der Waals surface area contributed by atoms with Gasteiger partial charge in [0.15, 0.2) is 5.13 Å². The summed E-state index contributed by atoms with van der Waals surface area (Å²) >= 11 is 1.45. The molecule has 2 aromatic heterocycles. The number of aryl methyl sites for hydroxylation is 2. The van der Waals surface area contributed by atoms with Crippen LogP contribution in [0.5, 0.6) is 0 Å². The van der Waals surface area contributed by atoms with E-state index in [2.05, 4.69) is 15.3 Å². The maximum absolute atomic E-state index is 11.9. The molecule has 0 aliphatic heterocycles. The van der Waals surface area contributed by atoms with Gasteiger partial charge in [-0.15, -0.1) is 11.3 Å². The summed E-state index contributed by atoms with van der Waals surface area (Å²) in [6, 6.07) is 3.49. The van der Waals surface area contributed by atoms with Gasteiger partial charge in [-0.2, -0.15) is 0 Å². The molecule has 0 aliphatic carbocycles. The van der Waals surface area contributed by atoms with E-state index in [1.165, 1.54) is 11.3 Å². The summed E-state index contributed by atoms with van der Waals surface area (Å²) in [7, 11) is 0. The first-order chi connectivity index (χ1) is 7.66. The zero-order valence-electron chi connectivity index (χ0n) is 9.02. The van der Waals surface area contributed by atoms with Gasteiger partial charge in [0.2, 0.25) is 0 Å². The van der Waals surface area contributed by atoms with Gasteiger partial charge in [0.05, 0.1) is 5.56 Å². The number of nitrogens with one attached hydrogen (secondary N) is 1. The van der Waals surface area contributed by atoms with E-state index in [9.17, 15) is 4.79 Å². The second kappa shape index (κ2) is 4.40. The van der Waals surface area contributed by atoms with Crippen molar-refractivity contribution in [2.24, 2.45) is 0 Å². The van der Waals surface area contributed by atoms with Crippen molar-refractivity contribution in [3.63, 3.8) is 0 Å². The number of carbonyl (C=O) groups excluding carboxylic acids is 1. The zero-order chi connectivity index (χ0) is 11.5. The largest absolute Gasteiger partial charge is 0.298 e. The summed E-state index contributed by atoms with van der Waals surface area (Å²) in [5.41, 5.74) is 1.30. The van der Waals surface area contributed by atoms with Gasteiger partial charge < -0.3 is 0 Å². The van der Waals surface area contributed by atoms with E-state index in [0.29, 0.717) is 16.4 Å². The molecule has 2 aromatic rings. The van der Waals surface area contributed by atoms with Crippen LogP contribution in [0.4, 0.5) is 5.13 Å². The molecule has 0 spiro atoms. The van der Waals surface area contributed by atoms with Crippen molar-refractivity contribution in [3.8, 4) is 0 Å². The van der Waals surface area contributed by atoms with Crippen LogP contribution >= 0.6 is 11.3 Å². The Labute approximate surface area is 97.4 Å². The second-order valence-electron chi connectivity index (χ2n) is 3.37. The Morgan fingerprint density at radius 2 is 2.19 bits per heavy atom. The standard InChI is InChI=1S/C11H11N3OS/c1-7-6-13-11(16-7)14-10(15)9-4-3-5-12-8(9)2/h3-6H,1-2H3,(H,13,14,15). The quantitative estimate of drug-likeness (QED) is 0.866. The predicted molar refractivity (Wildman–Crippen MR) is 63.8 cm³/mol. The maximum Gasteiger partial charge on any atom is 0.259 e. The first-order valence-corrected chi connectivity index (χ1v) is 5.64. The molecule has 4 nitrogen and oxygen atoms in total. The minimum absolute atomic E-state index is 0.167. The van der Waals surface area contributed by atoms with Crippen LogP contribution in [0, 0.1) is 13.8 Å². The van der Waals surface area contributed by atoms with Gasteiger partial charge in [-0.05, 0) is 26.0 Å². The Balaban J connectivity index is 2.18. The van der Waals surface area contributed by atoms with E-state index in [1.807, 2.05) is 13.8 Å². The van der Waals surface area contributed by atoms with Gasteiger partial charge in [0.1, 0.15) is 0 Å². The summed E-state index contributed by atoms with van der Waals surface area (Å²) in [6.45, 7) is 3.75. The monoisotopic (exact) mass is 233 g/mol. The van der Waals surface area contributed by atoms with E-state index >= 15 is 0 Å². The van der Waals surface area contributed by atoms with Crippen LogP contribution in [0.15, 0.2) is 24.5 Å². The number of rotatable bonds is 2. The number of aromatic nitrogens is 2. The van der Waals surface area contributed by atoms with Crippen LogP contribution in [0.2, 0.25) is 0 Å². The van der Waals surface area contributed by atoms with Crippen LogP contribution in [0.3, 0.4) is 0 Å². The smallest absolute Gasteiger partial charge is 0.259 e. The Kier molecular flexibility index (Phi) is 2.96. The van der Waals surface area contributed by atoms with E-state index in [0.717, 1.165) is 4.88 Å². The molecule has 0 saturated carbocycles. The minimum atomic E-state index is -0.167. The molecule has 2 heterocycles. The highest BCUT2D eigenvalue weighted by molar-refractivity contribution is 7.15. The Hall–Kier alpha value is -1.75. The van der Waals surface area contributed by atoms with Crippen molar-refractivity contribution in [3.05, 3.63) is 40.7 Å². The third-order valence-electron chi connectivity index (χ3n) is 2.09. The van der Waals surface area contributed by atoms with Crippen molar-refractivity contribution in [1.29, 1.82) is 0 Å². The van der Waals surface area contributed by atoms with Gasteiger partial charge in [-0.25, -0.2) is 4.98 Å². The molecule has 0 unspecified atom stereocenters. The van der Waals surface area contributed by atoms with Crippen molar-refractivity contribution < 1.29 is 4.79 Å². The molecular formula is C11H11N3OS. The Morgan fingerprint density at radius 3 is 2.81 bits per heavy atom. The minimum Gasteiger partial charge on any atom is -0.298 e. The fourth-order valence-electron chi connectivity index (χ4n) is 1.30. The van der Waals surface area contributed by atoms with Crippen molar-refractivity contribution in [2.45, 2.75) is 13.8 Å². The molecule has 0 aromatic carbocycles. The number of thiazole rings is 1. The fraction of sp³-hybridized carbons (Fsp3) is 0.182. The lowest BCUT2D eigenvalue weighted by Crippen LogP contribution is -2.13. The molecule has 0 aliphatic rings. The van der Waals surface area contributed by atoms with E-state index in [4.69, 9.17) is 0 Å². The molecule has 16 heavy (non-hydrogen) atoms. The number of anilines is 1. The number of hydrogen-bond acceptors (Lipinski definition) is 4. The summed E-state index contributed by atoms with van der Waals surface area (Å²) in [4.78, 5) is 21.1. The fourth-order valence-corrected chi connectivity index (χ4v) is 1.96. The van der Waals surface area contributed by atoms with Crippen LogP contribution in [0.1, 0.15) is 20.9 Å². The average molecular weight is 233 g/mol. The topological polar surface area (TPSA) is 54.9 Å². The molecule has 1 amide bonds. The molecule has 2 rings (SSSR count). The van der Waals surface area contributed by atoms with Gasteiger partial charge >= 0.3 is 0 Å². The van der Waals surface area contributed by atoms with E-state index < -0.39 is 0 Å². The van der Waals surface area contributed by atoms with Crippen LogP contribution in [-0.2, 0) is 0 Å². The van der Waals surface area contributed by atoms with Gasteiger partial charge in [0.25, 0.3) is 5.91 Å². The predicted octanol–water partition coefficient (Wildman–Crippen LogP) is 2.41. The molecule has 0 radical (unpaired) electrons. The molecule has 0 bridgehead atoms. The van der Waals surface area contributed by atoms with E-state index in [-0.39, 0.29) is 5.91 Å². The lowest BCUT2D eigenvalue weighted by Gasteiger charge is -2.03. The summed E-state index contributed by atoms with van der Waals surface area (Å²) < 4.78 is 0. The normalized spacial score (nSPS) is 10.1. The summed E-state index contributed by atoms with van der Waals surface area (Å²) in [5, 5.41) is 3.36. The molecule has 82 valence electrons. The van der Waals surface area contributed by atoms with Crippen molar-refractivity contribution >= 4 is 22.4 Å². The average Bonchev–Trinajstić information content (AvgIpc) is 2.64. The molecule has 0 saturated heterocycles. The van der Waals surface area contributed by atoms with E-state index in [1.54, 1.807) is 24.5 Å². The summed E-state index contributed by atoms with van der Waals surface area (Å²) in [6.07, 6.45) is 3.40. The lowest BCUT2D eigenvalue weighted by molar-refractivity contribution is 0.102. The number of pyridine rings is 1. The number of carbonyl (C=O) groups is 1. The maximum atomic E-state index is 11.9. The molecule has 1 N–H and O–H groups in total. The Morgan fingerprint density at radius 1 is 1.38 bits per heavy atom. The highest BCUT2D eigenvalue weighted by Gasteiger charge is 2.10. The molecule has 0 atom stereocenters.